The topological polar surface area (TPSA) is 204 Å². The Morgan fingerprint density at radius 3 is 2.43 bits per heavy atom. The van der Waals surface area contributed by atoms with Gasteiger partial charge in [0, 0.05) is 37.1 Å². The lowest BCUT2D eigenvalue weighted by Crippen LogP contribution is -2.51. The quantitative estimate of drug-likeness (QED) is 0.0956. The van der Waals surface area contributed by atoms with E-state index in [1.165, 1.54) is 7.11 Å². The van der Waals surface area contributed by atoms with Crippen molar-refractivity contribution in [1.82, 2.24) is 40.4 Å². The van der Waals surface area contributed by atoms with E-state index in [-0.39, 0.29) is 35.8 Å². The number of hydrogen-bond donors (Lipinski definition) is 5. The first-order valence-electron chi connectivity index (χ1n) is 20.7. The maximum absolute atomic E-state index is 14.0. The smallest absolute Gasteiger partial charge is 0.407 e. The van der Waals surface area contributed by atoms with Crippen LogP contribution in [0.3, 0.4) is 0 Å². The third kappa shape index (κ3) is 7.59. The number of nitrogens with one attached hydrogen (secondary N) is 4. The highest BCUT2D eigenvalue weighted by atomic mass is 16.5. The van der Waals surface area contributed by atoms with Crippen LogP contribution in [0.4, 0.5) is 9.59 Å². The number of H-pyrrole nitrogens is 2. The zero-order valence-electron chi connectivity index (χ0n) is 34.7. The fourth-order valence-corrected chi connectivity index (χ4v) is 8.97. The number of alkyl carbamates (subject to hydrolysis) is 1. The van der Waals surface area contributed by atoms with Crippen LogP contribution in [0.1, 0.15) is 83.2 Å². The molecule has 16 nitrogen and oxygen atoms in total. The molecule has 5 heterocycles. The van der Waals surface area contributed by atoms with Gasteiger partial charge in [0.25, 0.3) is 0 Å². The summed E-state index contributed by atoms with van der Waals surface area (Å²) >= 11 is 0. The summed E-state index contributed by atoms with van der Waals surface area (Å²) in [6.07, 6.45) is 1.80. The Labute approximate surface area is 347 Å². The Balaban J connectivity index is 1.05. The minimum Gasteiger partial charge on any atom is -0.488 e. The van der Waals surface area contributed by atoms with Gasteiger partial charge in [-0.3, -0.25) is 9.59 Å². The van der Waals surface area contributed by atoms with Gasteiger partial charge in [-0.2, -0.15) is 0 Å². The predicted molar refractivity (Wildman–Crippen MR) is 223 cm³/mol. The van der Waals surface area contributed by atoms with Gasteiger partial charge in [0.2, 0.25) is 11.8 Å². The highest BCUT2D eigenvalue weighted by Crippen LogP contribution is 2.43. The monoisotopic (exact) mass is 820 g/mol. The molecule has 0 radical (unpaired) electrons. The molecule has 8 rings (SSSR count). The van der Waals surface area contributed by atoms with Gasteiger partial charge in [-0.15, -0.1) is 0 Å². The molecule has 2 unspecified atom stereocenters. The fraction of sp³-hybridized carbons (Fsp3) is 0.455. The SMILES string of the molecule is CCO[C@H]1C[C@@H](c2nc3ccc4cc5c(cc4c3[nH]2)OCc2cc(-c3cnc([C@@H]4CCCN4C(=O)C(NC(=O)O)C(C)C)[nH]3)ccc2-5)N(C(=O)C(NC(=O)OC)C(C)C)C1. The van der Waals surface area contributed by atoms with E-state index in [4.69, 9.17) is 19.2 Å². The summed E-state index contributed by atoms with van der Waals surface area (Å²) in [5, 5.41) is 16.4. The van der Waals surface area contributed by atoms with E-state index in [9.17, 15) is 24.3 Å². The lowest BCUT2D eigenvalue weighted by atomic mass is 9.92. The number of fused-ring (bicyclic) bond motifs is 6. The Morgan fingerprint density at radius 2 is 1.70 bits per heavy atom. The number of amides is 4. The number of nitrogens with zero attached hydrogens (tertiary/aromatic N) is 4. The van der Waals surface area contributed by atoms with Gasteiger partial charge in [0.1, 0.15) is 36.1 Å². The predicted octanol–water partition coefficient (Wildman–Crippen LogP) is 6.68. The van der Waals surface area contributed by atoms with Crippen LogP contribution >= 0.6 is 0 Å². The summed E-state index contributed by atoms with van der Waals surface area (Å²) < 4.78 is 17.2. The maximum atomic E-state index is 14.0. The second-order valence-electron chi connectivity index (χ2n) is 16.5. The molecule has 2 fully saturated rings. The van der Waals surface area contributed by atoms with Crippen LogP contribution in [0.2, 0.25) is 0 Å². The molecule has 5 aromatic rings. The molecule has 60 heavy (non-hydrogen) atoms. The van der Waals surface area contributed by atoms with Crippen LogP contribution in [0, 0.1) is 11.8 Å². The molecule has 5 N–H and O–H groups in total. The number of likely N-dealkylation sites (tertiary alicyclic amines) is 2. The third-order valence-corrected chi connectivity index (χ3v) is 12.0. The first-order chi connectivity index (χ1) is 28.8. The van der Waals surface area contributed by atoms with Gasteiger partial charge >= 0.3 is 12.2 Å². The van der Waals surface area contributed by atoms with Crippen LogP contribution in [0.15, 0.2) is 48.7 Å². The minimum atomic E-state index is -1.22. The number of rotatable bonds is 11. The van der Waals surface area contributed by atoms with E-state index in [1.807, 2.05) is 52.8 Å². The van der Waals surface area contributed by atoms with Gasteiger partial charge in [-0.25, -0.2) is 19.6 Å². The number of ether oxygens (including phenoxy) is 3. The molecule has 4 amide bonds. The fourth-order valence-electron chi connectivity index (χ4n) is 8.97. The number of imidazole rings is 2. The number of aromatic amines is 2. The lowest BCUT2D eigenvalue weighted by Gasteiger charge is -2.29. The summed E-state index contributed by atoms with van der Waals surface area (Å²) in [5.41, 5.74) is 6.40. The standard InChI is InChI=1S/C44H52N8O8/c1-7-59-27-17-34(52(20-27)42(54)37(23(4)5)50-44(57)58-6)40-46-31-13-11-24-16-30-28-12-10-25(15-26(28)21-60-35(30)18-29(24)38(31)48-40)32-19-45-39(47-32)33-9-8-14-51(33)41(53)36(22(2)3)49-43(55)56/h10-13,15-16,18-19,22-23,27,33-34,36-37,49H,7-9,14,17,20-21H2,1-6H3,(H,45,47)(H,46,48)(H,50,57)(H,55,56)/t27-,33-,34-,36?,37?/m0/s1. The number of carbonyl (C=O) groups excluding carboxylic acids is 3. The zero-order valence-corrected chi connectivity index (χ0v) is 34.7. The highest BCUT2D eigenvalue weighted by Gasteiger charge is 2.42. The van der Waals surface area contributed by atoms with Crippen LogP contribution < -0.4 is 15.4 Å². The van der Waals surface area contributed by atoms with Gasteiger partial charge in [0.05, 0.1) is 48.2 Å². The first-order valence-corrected chi connectivity index (χ1v) is 20.7. The van der Waals surface area contributed by atoms with E-state index in [0.717, 1.165) is 68.3 Å². The summed E-state index contributed by atoms with van der Waals surface area (Å²) in [6.45, 7) is 11.1. The number of carbonyl (C=O) groups is 4. The highest BCUT2D eigenvalue weighted by molar-refractivity contribution is 6.07. The van der Waals surface area contributed by atoms with Crippen molar-refractivity contribution in [3.8, 4) is 28.1 Å². The minimum absolute atomic E-state index is 0.175. The molecule has 0 spiro atoms. The number of aromatic nitrogens is 4. The van der Waals surface area contributed by atoms with Crippen molar-refractivity contribution in [2.45, 2.75) is 90.8 Å². The first kappa shape index (κ1) is 40.6. The maximum Gasteiger partial charge on any atom is 0.407 e. The summed E-state index contributed by atoms with van der Waals surface area (Å²) in [6, 6.07) is 12.2. The molecular formula is C44H52N8O8. The van der Waals surface area contributed by atoms with Crippen LogP contribution in [0.25, 0.3) is 44.2 Å². The van der Waals surface area contributed by atoms with Crippen molar-refractivity contribution >= 4 is 45.8 Å². The second kappa shape index (κ2) is 16.5. The zero-order chi connectivity index (χ0) is 42.4. The number of methoxy groups -OCH3 is 1. The van der Waals surface area contributed by atoms with E-state index in [2.05, 4.69) is 49.9 Å². The summed E-state index contributed by atoms with van der Waals surface area (Å²) in [7, 11) is 1.28. The lowest BCUT2D eigenvalue weighted by molar-refractivity contribution is -0.136. The molecule has 3 aliphatic heterocycles. The Hall–Kier alpha value is -6.16. The van der Waals surface area contributed by atoms with Crippen LogP contribution in [-0.2, 0) is 25.7 Å². The molecule has 0 aliphatic carbocycles. The van der Waals surface area contributed by atoms with Gasteiger partial charge in [0.15, 0.2) is 0 Å². The van der Waals surface area contributed by atoms with E-state index >= 15 is 0 Å². The molecule has 16 heteroatoms. The third-order valence-electron chi connectivity index (χ3n) is 12.0. The van der Waals surface area contributed by atoms with Crippen molar-refractivity contribution in [3.05, 3.63) is 65.9 Å². The molecule has 2 saturated heterocycles. The summed E-state index contributed by atoms with van der Waals surface area (Å²) in [4.78, 5) is 71.3. The van der Waals surface area contributed by atoms with Crippen molar-refractivity contribution in [2.75, 3.05) is 26.8 Å². The van der Waals surface area contributed by atoms with Gasteiger partial charge in [-0.1, -0.05) is 45.9 Å². The van der Waals surface area contributed by atoms with Crippen molar-refractivity contribution in [2.24, 2.45) is 11.8 Å². The molecule has 3 aromatic carbocycles. The van der Waals surface area contributed by atoms with E-state index < -0.39 is 30.3 Å². The van der Waals surface area contributed by atoms with Crippen molar-refractivity contribution in [1.29, 1.82) is 0 Å². The average Bonchev–Trinajstić information content (AvgIpc) is 4.06. The Kier molecular flexibility index (Phi) is 11.2. The van der Waals surface area contributed by atoms with E-state index in [1.54, 1.807) is 16.0 Å². The van der Waals surface area contributed by atoms with E-state index in [0.29, 0.717) is 44.4 Å². The number of carboxylic acid groups (broad SMARTS) is 1. The number of hydrogen-bond acceptors (Lipinski definition) is 9. The Bertz CT molecular complexity index is 2460. The van der Waals surface area contributed by atoms with Gasteiger partial charge in [-0.05, 0) is 77.9 Å². The molecule has 0 saturated carbocycles. The molecule has 2 aromatic heterocycles. The molecule has 3 aliphatic rings. The van der Waals surface area contributed by atoms with Crippen molar-refractivity contribution in [3.63, 3.8) is 0 Å². The number of benzene rings is 3. The second-order valence-corrected chi connectivity index (χ2v) is 16.5. The van der Waals surface area contributed by atoms with Crippen LogP contribution in [0.5, 0.6) is 5.75 Å². The average molecular weight is 821 g/mol. The van der Waals surface area contributed by atoms with Crippen LogP contribution in [-0.4, -0.2) is 104 Å². The van der Waals surface area contributed by atoms with Gasteiger partial charge < -0.3 is 49.7 Å². The normalized spacial score (nSPS) is 19.6. The molecule has 0 bridgehead atoms. The largest absolute Gasteiger partial charge is 0.488 e. The van der Waals surface area contributed by atoms with Crippen molar-refractivity contribution < 1.29 is 38.5 Å². The Morgan fingerprint density at radius 1 is 0.933 bits per heavy atom. The molecule has 316 valence electrons. The summed E-state index contributed by atoms with van der Waals surface area (Å²) in [5.74, 6) is 1.23. The molecular weight excluding hydrogens is 769 g/mol. The molecule has 5 atom stereocenters.